The van der Waals surface area contributed by atoms with Gasteiger partial charge in [0, 0.05) is 12.7 Å². The fourth-order valence-corrected chi connectivity index (χ4v) is 1.68. The fraction of sp³-hybridized carbons (Fsp3) is 0.500. The van der Waals surface area contributed by atoms with Crippen molar-refractivity contribution in [2.24, 2.45) is 0 Å². The summed E-state index contributed by atoms with van der Waals surface area (Å²) in [6.07, 6.45) is 3.52. The first-order valence-electron chi connectivity index (χ1n) is 6.34. The summed E-state index contributed by atoms with van der Waals surface area (Å²) < 4.78 is 10.5. The van der Waals surface area contributed by atoms with Crippen molar-refractivity contribution in [2.75, 3.05) is 20.3 Å². The quantitative estimate of drug-likeness (QED) is 0.672. The maximum atomic E-state index is 11.0. The molecule has 0 aliphatic carbocycles. The molecule has 19 heavy (non-hydrogen) atoms. The molecule has 106 valence electrons. The van der Waals surface area contributed by atoms with Crippen LogP contribution in [-0.2, 0) is 0 Å². The molecule has 5 heteroatoms. The molecule has 0 saturated carbocycles. The summed E-state index contributed by atoms with van der Waals surface area (Å²) in [4.78, 5) is 11.0. The first-order valence-corrected chi connectivity index (χ1v) is 6.34. The van der Waals surface area contributed by atoms with Crippen LogP contribution in [0.25, 0.3) is 0 Å². The lowest BCUT2D eigenvalue weighted by Crippen LogP contribution is -2.05. The second-order valence-corrected chi connectivity index (χ2v) is 4.15. The number of benzene rings is 1. The van der Waals surface area contributed by atoms with Crippen molar-refractivity contribution in [3.05, 3.63) is 23.8 Å². The predicted molar refractivity (Wildman–Crippen MR) is 71.0 cm³/mol. The number of aliphatic hydroxyl groups is 1. The van der Waals surface area contributed by atoms with Gasteiger partial charge in [0.1, 0.15) is 17.1 Å². The monoisotopic (exact) mass is 268 g/mol. The number of aromatic carboxylic acids is 1. The number of rotatable bonds is 9. The highest BCUT2D eigenvalue weighted by Crippen LogP contribution is 2.25. The van der Waals surface area contributed by atoms with Gasteiger partial charge in [-0.15, -0.1) is 0 Å². The summed E-state index contributed by atoms with van der Waals surface area (Å²) in [5.74, 6) is -0.118. The highest BCUT2D eigenvalue weighted by Gasteiger charge is 2.12. The van der Waals surface area contributed by atoms with Crippen LogP contribution in [0, 0.1) is 0 Å². The van der Waals surface area contributed by atoms with Gasteiger partial charge in [0.25, 0.3) is 0 Å². The molecule has 1 aromatic rings. The van der Waals surface area contributed by atoms with E-state index in [0.717, 1.165) is 25.7 Å². The number of hydrogen-bond donors (Lipinski definition) is 2. The second kappa shape index (κ2) is 8.37. The van der Waals surface area contributed by atoms with E-state index in [2.05, 4.69) is 0 Å². The average molecular weight is 268 g/mol. The minimum absolute atomic E-state index is 0.135. The Morgan fingerprint density at radius 1 is 1.21 bits per heavy atom. The van der Waals surface area contributed by atoms with Crippen molar-refractivity contribution >= 4 is 5.97 Å². The van der Waals surface area contributed by atoms with E-state index < -0.39 is 5.97 Å². The molecule has 0 aliphatic rings. The van der Waals surface area contributed by atoms with Crippen LogP contribution < -0.4 is 9.47 Å². The molecule has 0 bridgehead atoms. The standard InChI is InChI=1S/C14H20O5/c1-18-11-6-7-12(14(16)17)13(10-11)19-9-5-3-2-4-8-15/h6-7,10,15H,2-5,8-9H2,1H3,(H,16,17). The largest absolute Gasteiger partial charge is 0.497 e. The van der Waals surface area contributed by atoms with E-state index in [1.165, 1.54) is 13.2 Å². The zero-order chi connectivity index (χ0) is 14.1. The van der Waals surface area contributed by atoms with Gasteiger partial charge in [-0.3, -0.25) is 0 Å². The molecule has 0 saturated heterocycles. The Kier molecular flexibility index (Phi) is 6.74. The van der Waals surface area contributed by atoms with Crippen LogP contribution in [0.4, 0.5) is 0 Å². The maximum absolute atomic E-state index is 11.0. The predicted octanol–water partition coefficient (Wildman–Crippen LogP) is 2.32. The number of methoxy groups -OCH3 is 1. The average Bonchev–Trinajstić information content (AvgIpc) is 2.42. The molecule has 0 unspecified atom stereocenters. The molecule has 0 fully saturated rings. The van der Waals surface area contributed by atoms with Gasteiger partial charge < -0.3 is 19.7 Å². The zero-order valence-corrected chi connectivity index (χ0v) is 11.1. The Bertz CT molecular complexity index is 403. The number of ether oxygens (including phenoxy) is 2. The van der Waals surface area contributed by atoms with E-state index in [4.69, 9.17) is 19.7 Å². The smallest absolute Gasteiger partial charge is 0.339 e. The van der Waals surface area contributed by atoms with E-state index in [1.807, 2.05) is 0 Å². The molecule has 0 radical (unpaired) electrons. The van der Waals surface area contributed by atoms with Crippen LogP contribution in [-0.4, -0.2) is 36.5 Å². The maximum Gasteiger partial charge on any atom is 0.339 e. The molecular formula is C14H20O5. The van der Waals surface area contributed by atoms with Gasteiger partial charge in [0.2, 0.25) is 0 Å². The molecule has 0 spiro atoms. The SMILES string of the molecule is COc1ccc(C(=O)O)c(OCCCCCCO)c1. The lowest BCUT2D eigenvalue weighted by Gasteiger charge is -2.10. The fourth-order valence-electron chi connectivity index (χ4n) is 1.68. The van der Waals surface area contributed by atoms with Crippen molar-refractivity contribution in [1.82, 2.24) is 0 Å². The summed E-state index contributed by atoms with van der Waals surface area (Å²) >= 11 is 0. The summed E-state index contributed by atoms with van der Waals surface area (Å²) in [5, 5.41) is 17.7. The van der Waals surface area contributed by atoms with E-state index in [9.17, 15) is 4.79 Å². The van der Waals surface area contributed by atoms with Gasteiger partial charge in [-0.25, -0.2) is 4.79 Å². The molecule has 2 N–H and O–H groups in total. The minimum atomic E-state index is -1.02. The van der Waals surface area contributed by atoms with E-state index in [0.29, 0.717) is 18.1 Å². The summed E-state index contributed by atoms with van der Waals surface area (Å²) in [6.45, 7) is 0.665. The van der Waals surface area contributed by atoms with Gasteiger partial charge in [-0.05, 0) is 31.4 Å². The lowest BCUT2D eigenvalue weighted by atomic mass is 10.2. The molecule has 0 aliphatic heterocycles. The van der Waals surface area contributed by atoms with Gasteiger partial charge in [0.15, 0.2) is 0 Å². The van der Waals surface area contributed by atoms with Crippen molar-refractivity contribution < 1.29 is 24.5 Å². The van der Waals surface area contributed by atoms with Crippen LogP contribution in [0.3, 0.4) is 0 Å². The Morgan fingerprint density at radius 2 is 1.95 bits per heavy atom. The number of aliphatic hydroxyl groups excluding tert-OH is 1. The van der Waals surface area contributed by atoms with Crippen molar-refractivity contribution in [3.8, 4) is 11.5 Å². The topological polar surface area (TPSA) is 76.0 Å². The Labute approximate surface area is 112 Å². The van der Waals surface area contributed by atoms with Gasteiger partial charge >= 0.3 is 5.97 Å². The lowest BCUT2D eigenvalue weighted by molar-refractivity contribution is 0.0692. The Balaban J connectivity index is 2.52. The first kappa shape index (κ1) is 15.3. The summed E-state index contributed by atoms with van der Waals surface area (Å²) in [7, 11) is 1.52. The summed E-state index contributed by atoms with van der Waals surface area (Å²) in [6, 6.07) is 4.65. The summed E-state index contributed by atoms with van der Waals surface area (Å²) in [5.41, 5.74) is 0.135. The van der Waals surface area contributed by atoms with Gasteiger partial charge in [-0.2, -0.15) is 0 Å². The van der Waals surface area contributed by atoms with E-state index in [1.54, 1.807) is 12.1 Å². The van der Waals surface area contributed by atoms with Crippen LogP contribution >= 0.6 is 0 Å². The van der Waals surface area contributed by atoms with Crippen molar-refractivity contribution in [1.29, 1.82) is 0 Å². The molecule has 5 nitrogen and oxygen atoms in total. The zero-order valence-electron chi connectivity index (χ0n) is 11.1. The normalized spacial score (nSPS) is 10.2. The van der Waals surface area contributed by atoms with Gasteiger partial charge in [0.05, 0.1) is 13.7 Å². The number of unbranched alkanes of at least 4 members (excludes halogenated alkanes) is 3. The third-order valence-corrected chi connectivity index (χ3v) is 2.73. The van der Waals surface area contributed by atoms with Crippen molar-refractivity contribution in [3.63, 3.8) is 0 Å². The molecule has 0 atom stereocenters. The van der Waals surface area contributed by atoms with Crippen molar-refractivity contribution in [2.45, 2.75) is 25.7 Å². The Hall–Kier alpha value is -1.75. The van der Waals surface area contributed by atoms with Crippen LogP contribution in [0.1, 0.15) is 36.0 Å². The Morgan fingerprint density at radius 3 is 2.58 bits per heavy atom. The van der Waals surface area contributed by atoms with E-state index >= 15 is 0 Å². The van der Waals surface area contributed by atoms with E-state index in [-0.39, 0.29) is 12.2 Å². The molecule has 1 aromatic carbocycles. The van der Waals surface area contributed by atoms with Crippen LogP contribution in [0.2, 0.25) is 0 Å². The molecule has 1 rings (SSSR count). The molecule has 0 amide bonds. The highest BCUT2D eigenvalue weighted by molar-refractivity contribution is 5.91. The first-order chi connectivity index (χ1) is 9.19. The molecule has 0 heterocycles. The third kappa shape index (κ3) is 5.18. The molecular weight excluding hydrogens is 248 g/mol. The van der Waals surface area contributed by atoms with Crippen LogP contribution in [0.15, 0.2) is 18.2 Å². The van der Waals surface area contributed by atoms with Gasteiger partial charge in [-0.1, -0.05) is 6.42 Å². The highest BCUT2D eigenvalue weighted by atomic mass is 16.5. The third-order valence-electron chi connectivity index (χ3n) is 2.73. The number of hydrogen-bond acceptors (Lipinski definition) is 4. The number of carbonyl (C=O) groups is 1. The number of carboxylic acid groups (broad SMARTS) is 1. The van der Waals surface area contributed by atoms with Crippen LogP contribution in [0.5, 0.6) is 11.5 Å². The second-order valence-electron chi connectivity index (χ2n) is 4.15. The number of carboxylic acids is 1. The minimum Gasteiger partial charge on any atom is -0.497 e. The molecule has 0 aromatic heterocycles.